The number of amides is 1. The lowest BCUT2D eigenvalue weighted by Gasteiger charge is -2.17. The third-order valence-electron chi connectivity index (χ3n) is 6.30. The quantitative estimate of drug-likeness (QED) is 0.242. The molecule has 0 unspecified atom stereocenters. The maximum Gasteiger partial charge on any atom is 0.330 e. The van der Waals surface area contributed by atoms with Crippen LogP contribution < -0.4 is 10.5 Å². The second kappa shape index (κ2) is 11.9. The first-order valence-electron chi connectivity index (χ1n) is 12.1. The minimum atomic E-state index is -3.07. The summed E-state index contributed by atoms with van der Waals surface area (Å²) in [7, 11) is -0.291. The maximum atomic E-state index is 12.3. The van der Waals surface area contributed by atoms with E-state index in [9.17, 15) is 9.36 Å². The van der Waals surface area contributed by atoms with E-state index in [1.54, 1.807) is 0 Å². The largest absolute Gasteiger partial charge is 0.493 e. The van der Waals surface area contributed by atoms with Crippen LogP contribution in [0.2, 0.25) is 0 Å². The third kappa shape index (κ3) is 6.35. The normalized spacial score (nSPS) is 11.9. The number of rotatable bonds is 13. The van der Waals surface area contributed by atoms with Crippen molar-refractivity contribution in [2.45, 2.75) is 52.5 Å². The van der Waals surface area contributed by atoms with Crippen molar-refractivity contribution in [3.05, 3.63) is 64.8 Å². The first-order valence-corrected chi connectivity index (χ1v) is 13.8. The topological polar surface area (TPSA) is 92.8 Å². The zero-order chi connectivity index (χ0) is 25.6. The van der Waals surface area contributed by atoms with Crippen molar-refractivity contribution in [3.8, 4) is 5.75 Å². The van der Waals surface area contributed by atoms with Gasteiger partial charge in [0.25, 0.3) is 0 Å². The number of carbonyl (C=O) groups is 1. The predicted octanol–water partition coefficient (Wildman–Crippen LogP) is 5.66. The van der Waals surface area contributed by atoms with Gasteiger partial charge in [0.05, 0.1) is 19.2 Å². The average molecular weight is 501 g/mol. The van der Waals surface area contributed by atoms with E-state index in [2.05, 4.69) is 43.5 Å². The van der Waals surface area contributed by atoms with Crippen molar-refractivity contribution < 1.29 is 23.1 Å². The van der Waals surface area contributed by atoms with E-state index in [4.69, 9.17) is 19.5 Å². The molecule has 1 amide bonds. The summed E-state index contributed by atoms with van der Waals surface area (Å²) in [4.78, 5) is 12.0. The monoisotopic (exact) mass is 500 g/mol. The number of fused-ring (bicyclic) bond motifs is 1. The fourth-order valence-corrected chi connectivity index (χ4v) is 5.54. The SMILES string of the molecule is CCc1c(CC(N)=O)c2cc(OCCCP(=O)(OC)OC)c(C(C)C)cc2n1Cc1ccccc1. The Morgan fingerprint density at radius 3 is 2.37 bits per heavy atom. The number of primary amides is 1. The molecule has 2 aromatic carbocycles. The molecule has 35 heavy (non-hydrogen) atoms. The van der Waals surface area contributed by atoms with Crippen LogP contribution >= 0.6 is 7.60 Å². The van der Waals surface area contributed by atoms with Crippen LogP contribution in [0.25, 0.3) is 10.9 Å². The van der Waals surface area contributed by atoms with Gasteiger partial charge in [-0.3, -0.25) is 9.36 Å². The van der Waals surface area contributed by atoms with Gasteiger partial charge in [-0.25, -0.2) is 0 Å². The molecule has 0 aliphatic carbocycles. The van der Waals surface area contributed by atoms with Gasteiger partial charge in [-0.05, 0) is 47.6 Å². The van der Waals surface area contributed by atoms with Gasteiger partial charge < -0.3 is 24.1 Å². The van der Waals surface area contributed by atoms with E-state index in [0.29, 0.717) is 19.6 Å². The van der Waals surface area contributed by atoms with Crippen molar-refractivity contribution >= 4 is 24.4 Å². The second-order valence-corrected chi connectivity index (χ2v) is 11.4. The van der Waals surface area contributed by atoms with Crippen LogP contribution in [0.1, 0.15) is 55.5 Å². The van der Waals surface area contributed by atoms with Crippen LogP contribution in [-0.4, -0.2) is 37.5 Å². The average Bonchev–Trinajstić information content (AvgIpc) is 3.12. The first kappa shape index (κ1) is 27.0. The minimum absolute atomic E-state index is 0.173. The highest BCUT2D eigenvalue weighted by atomic mass is 31.2. The number of benzene rings is 2. The highest BCUT2D eigenvalue weighted by Crippen LogP contribution is 2.46. The lowest BCUT2D eigenvalue weighted by atomic mass is 9.98. The van der Waals surface area contributed by atoms with Crippen LogP contribution in [0.15, 0.2) is 42.5 Å². The zero-order valence-electron chi connectivity index (χ0n) is 21.4. The smallest absolute Gasteiger partial charge is 0.330 e. The molecule has 0 atom stereocenters. The summed E-state index contributed by atoms with van der Waals surface area (Å²) in [6.07, 6.45) is 1.75. The molecular weight excluding hydrogens is 463 g/mol. The van der Waals surface area contributed by atoms with Gasteiger partial charge in [-0.15, -0.1) is 0 Å². The molecule has 0 aliphatic heterocycles. The van der Waals surface area contributed by atoms with Gasteiger partial charge in [-0.2, -0.15) is 0 Å². The molecular formula is C27H37N2O5P. The summed E-state index contributed by atoms with van der Waals surface area (Å²) in [6.45, 7) is 7.45. The Labute approximate surface area is 208 Å². The molecule has 0 saturated heterocycles. The number of ether oxygens (including phenoxy) is 1. The lowest BCUT2D eigenvalue weighted by Crippen LogP contribution is -2.15. The molecule has 190 valence electrons. The second-order valence-electron chi connectivity index (χ2n) is 8.96. The van der Waals surface area contributed by atoms with Gasteiger partial charge in [0.15, 0.2) is 0 Å². The van der Waals surface area contributed by atoms with Gasteiger partial charge in [0.2, 0.25) is 5.91 Å². The summed E-state index contributed by atoms with van der Waals surface area (Å²) >= 11 is 0. The zero-order valence-corrected chi connectivity index (χ0v) is 22.3. The Bertz CT molecular complexity index is 1200. The molecule has 3 rings (SSSR count). The number of nitrogens with two attached hydrogens (primary N) is 1. The van der Waals surface area contributed by atoms with Crippen molar-refractivity contribution in [1.82, 2.24) is 4.57 Å². The molecule has 0 spiro atoms. The fraction of sp³-hybridized carbons (Fsp3) is 0.444. The lowest BCUT2D eigenvalue weighted by molar-refractivity contribution is -0.117. The van der Waals surface area contributed by atoms with Gasteiger partial charge in [0.1, 0.15) is 5.75 Å². The van der Waals surface area contributed by atoms with E-state index in [1.807, 2.05) is 24.3 Å². The number of hydrogen-bond acceptors (Lipinski definition) is 5. The van der Waals surface area contributed by atoms with Crippen molar-refractivity contribution in [2.75, 3.05) is 27.0 Å². The summed E-state index contributed by atoms with van der Waals surface area (Å²) < 4.78 is 30.9. The van der Waals surface area contributed by atoms with Gasteiger partial charge in [-0.1, -0.05) is 51.1 Å². The Balaban J connectivity index is 2.05. The van der Waals surface area contributed by atoms with Crippen LogP contribution in [0.4, 0.5) is 0 Å². The Morgan fingerprint density at radius 1 is 1.11 bits per heavy atom. The van der Waals surface area contributed by atoms with Gasteiger partial charge >= 0.3 is 7.60 Å². The van der Waals surface area contributed by atoms with E-state index in [-0.39, 0.29) is 24.4 Å². The number of carbonyl (C=O) groups excluding carboxylic acids is 1. The molecule has 7 nitrogen and oxygen atoms in total. The summed E-state index contributed by atoms with van der Waals surface area (Å²) in [5.41, 5.74) is 11.1. The Hall–Kier alpha value is -2.60. The Kier molecular flexibility index (Phi) is 9.17. The fourth-order valence-electron chi connectivity index (χ4n) is 4.51. The van der Waals surface area contributed by atoms with E-state index in [0.717, 1.165) is 39.9 Å². The van der Waals surface area contributed by atoms with E-state index in [1.165, 1.54) is 19.8 Å². The van der Waals surface area contributed by atoms with E-state index < -0.39 is 7.60 Å². The number of nitrogens with zero attached hydrogens (tertiary/aromatic N) is 1. The summed E-state index contributed by atoms with van der Waals surface area (Å²) in [5.74, 6) is 0.634. The van der Waals surface area contributed by atoms with Crippen molar-refractivity contribution in [3.63, 3.8) is 0 Å². The van der Waals surface area contributed by atoms with Crippen LogP contribution in [-0.2, 0) is 37.8 Å². The molecule has 8 heteroatoms. The highest BCUT2D eigenvalue weighted by Gasteiger charge is 2.23. The number of aromatic nitrogens is 1. The highest BCUT2D eigenvalue weighted by molar-refractivity contribution is 7.53. The summed E-state index contributed by atoms with van der Waals surface area (Å²) in [5, 5.41) is 0.982. The molecule has 0 saturated carbocycles. The standard InChI is InChI=1S/C27H37N2O5P/c1-6-24-23(17-27(28)30)22-16-26(34-13-10-14-35(31,32-4)33-5)21(19(2)3)15-25(22)29(24)18-20-11-8-7-9-12-20/h7-9,11-12,15-16,19H,6,10,13-14,17-18H2,1-5H3,(H2,28,30). The molecule has 0 fully saturated rings. The van der Waals surface area contributed by atoms with Crippen LogP contribution in [0.5, 0.6) is 5.75 Å². The summed E-state index contributed by atoms with van der Waals surface area (Å²) in [6, 6.07) is 14.5. The molecule has 2 N–H and O–H groups in total. The van der Waals surface area contributed by atoms with Crippen LogP contribution in [0.3, 0.4) is 0 Å². The Morgan fingerprint density at radius 2 is 1.80 bits per heavy atom. The number of hydrogen-bond donors (Lipinski definition) is 1. The predicted molar refractivity (Wildman–Crippen MR) is 140 cm³/mol. The molecule has 3 aromatic rings. The molecule has 1 aromatic heterocycles. The van der Waals surface area contributed by atoms with Gasteiger partial charge in [0, 0.05) is 37.4 Å². The minimum Gasteiger partial charge on any atom is -0.493 e. The molecule has 1 heterocycles. The molecule has 0 bridgehead atoms. The third-order valence-corrected chi connectivity index (χ3v) is 8.28. The maximum absolute atomic E-state index is 12.3. The molecule has 0 aliphatic rings. The van der Waals surface area contributed by atoms with E-state index >= 15 is 0 Å². The first-order chi connectivity index (χ1) is 16.7. The molecule has 0 radical (unpaired) electrons. The van der Waals surface area contributed by atoms with Crippen LogP contribution in [0, 0.1) is 0 Å². The van der Waals surface area contributed by atoms with Crippen molar-refractivity contribution in [1.29, 1.82) is 0 Å². The van der Waals surface area contributed by atoms with Crippen molar-refractivity contribution in [2.24, 2.45) is 5.73 Å².